The molecule has 0 aromatic heterocycles. The second-order valence-corrected chi connectivity index (χ2v) is 8.33. The van der Waals surface area contributed by atoms with Gasteiger partial charge in [-0.25, -0.2) is 0 Å². The number of rotatable bonds is 7. The monoisotopic (exact) mass is 402 g/mol. The molecule has 0 N–H and O–H groups in total. The van der Waals surface area contributed by atoms with E-state index < -0.39 is 0 Å². The van der Waals surface area contributed by atoms with Gasteiger partial charge in [0.1, 0.15) is 0 Å². The lowest BCUT2D eigenvalue weighted by Crippen LogP contribution is -2.35. The van der Waals surface area contributed by atoms with Gasteiger partial charge in [-0.05, 0) is 67.6 Å². The summed E-state index contributed by atoms with van der Waals surface area (Å²) in [6.07, 6.45) is 6.31. The summed E-state index contributed by atoms with van der Waals surface area (Å²) in [5, 5.41) is 0.840. The standard InChI is InChI=1S/C22H30N2O3S/c1-4-6-13-27-18-8-7-17(14-19(18)26-5-2)15-20-21(25)23-22(28-20)24-11-9-16(3)10-12-24/h7-8,14-16H,4-6,9-13H2,1-3H3/b20-15-. The van der Waals surface area contributed by atoms with Crippen molar-refractivity contribution in [1.82, 2.24) is 4.90 Å². The third-order valence-corrected chi connectivity index (χ3v) is 6.03. The van der Waals surface area contributed by atoms with Crippen LogP contribution in [0.1, 0.15) is 52.0 Å². The maximum atomic E-state index is 12.4. The van der Waals surface area contributed by atoms with Gasteiger partial charge in [-0.3, -0.25) is 4.79 Å². The Hall–Kier alpha value is -1.95. The van der Waals surface area contributed by atoms with E-state index in [4.69, 9.17) is 9.47 Å². The zero-order valence-electron chi connectivity index (χ0n) is 17.1. The highest BCUT2D eigenvalue weighted by molar-refractivity contribution is 8.18. The van der Waals surface area contributed by atoms with E-state index in [-0.39, 0.29) is 5.91 Å². The quantitative estimate of drug-likeness (QED) is 0.476. The van der Waals surface area contributed by atoms with Crippen LogP contribution in [0.4, 0.5) is 0 Å². The summed E-state index contributed by atoms with van der Waals surface area (Å²) >= 11 is 1.48. The van der Waals surface area contributed by atoms with Gasteiger partial charge in [0.15, 0.2) is 16.7 Å². The molecule has 2 aliphatic rings. The van der Waals surface area contributed by atoms with Crippen LogP contribution in [0.2, 0.25) is 0 Å². The first-order chi connectivity index (χ1) is 13.6. The molecule has 0 spiro atoms. The second-order valence-electron chi connectivity index (χ2n) is 7.32. The molecule has 152 valence electrons. The highest BCUT2D eigenvalue weighted by Gasteiger charge is 2.28. The molecule has 0 aliphatic carbocycles. The van der Waals surface area contributed by atoms with E-state index >= 15 is 0 Å². The van der Waals surface area contributed by atoms with Gasteiger partial charge in [-0.15, -0.1) is 0 Å². The highest BCUT2D eigenvalue weighted by atomic mass is 32.2. The van der Waals surface area contributed by atoms with Crippen molar-refractivity contribution in [3.63, 3.8) is 0 Å². The van der Waals surface area contributed by atoms with Crippen molar-refractivity contribution < 1.29 is 14.3 Å². The van der Waals surface area contributed by atoms with Gasteiger partial charge in [0.05, 0.1) is 18.1 Å². The number of nitrogens with zero attached hydrogens (tertiary/aromatic N) is 2. The fraction of sp³-hybridized carbons (Fsp3) is 0.545. The third kappa shape index (κ3) is 5.31. The first-order valence-electron chi connectivity index (χ1n) is 10.3. The molecular weight excluding hydrogens is 372 g/mol. The van der Waals surface area contributed by atoms with Crippen LogP contribution in [0.5, 0.6) is 11.5 Å². The molecule has 3 rings (SSSR count). The Bertz CT molecular complexity index is 752. The number of amides is 1. The number of carbonyl (C=O) groups excluding carboxylic acids is 1. The minimum atomic E-state index is -0.153. The number of ether oxygens (including phenoxy) is 2. The van der Waals surface area contributed by atoms with Crippen LogP contribution in [0, 0.1) is 5.92 Å². The van der Waals surface area contributed by atoms with Gasteiger partial charge in [0.2, 0.25) is 0 Å². The van der Waals surface area contributed by atoms with Gasteiger partial charge < -0.3 is 14.4 Å². The number of aliphatic imine (C=N–C) groups is 1. The lowest BCUT2D eigenvalue weighted by atomic mass is 10.00. The lowest BCUT2D eigenvalue weighted by molar-refractivity contribution is -0.113. The summed E-state index contributed by atoms with van der Waals surface area (Å²) in [4.78, 5) is 19.6. The SMILES string of the molecule is CCCCOc1ccc(/C=C2\SC(N3CCC(C)CC3)=NC2=O)cc1OCC. The number of piperidine rings is 1. The van der Waals surface area contributed by atoms with Gasteiger partial charge in [-0.2, -0.15) is 4.99 Å². The van der Waals surface area contributed by atoms with Crippen LogP contribution >= 0.6 is 11.8 Å². The third-order valence-electron chi connectivity index (χ3n) is 4.98. The molecule has 1 fully saturated rings. The molecule has 0 saturated carbocycles. The molecule has 2 aliphatic heterocycles. The Kier molecular flexibility index (Phi) is 7.43. The van der Waals surface area contributed by atoms with Crippen LogP contribution in [-0.4, -0.2) is 42.3 Å². The fourth-order valence-corrected chi connectivity index (χ4v) is 4.18. The van der Waals surface area contributed by atoms with Crippen molar-refractivity contribution in [2.45, 2.75) is 46.5 Å². The number of hydrogen-bond acceptors (Lipinski definition) is 5. The predicted molar refractivity (Wildman–Crippen MR) is 116 cm³/mol. The van der Waals surface area contributed by atoms with Gasteiger partial charge >= 0.3 is 0 Å². The fourth-order valence-electron chi connectivity index (χ4n) is 3.21. The Morgan fingerprint density at radius 2 is 2.00 bits per heavy atom. The average Bonchev–Trinajstić information content (AvgIpc) is 3.05. The van der Waals surface area contributed by atoms with Crippen molar-refractivity contribution in [3.05, 3.63) is 28.7 Å². The topological polar surface area (TPSA) is 51.1 Å². The second kappa shape index (κ2) is 10.0. The van der Waals surface area contributed by atoms with Crippen LogP contribution in [0.3, 0.4) is 0 Å². The molecule has 0 radical (unpaired) electrons. The normalized spacial score (nSPS) is 19.2. The van der Waals surface area contributed by atoms with Crippen molar-refractivity contribution in [2.24, 2.45) is 10.9 Å². The number of carbonyl (C=O) groups is 1. The van der Waals surface area contributed by atoms with Gasteiger partial charge in [-0.1, -0.05) is 26.3 Å². The number of thioether (sulfide) groups is 1. The zero-order valence-corrected chi connectivity index (χ0v) is 17.9. The summed E-state index contributed by atoms with van der Waals surface area (Å²) in [6, 6.07) is 5.82. The molecule has 6 heteroatoms. The van der Waals surface area contributed by atoms with E-state index in [1.54, 1.807) is 0 Å². The zero-order chi connectivity index (χ0) is 19.9. The number of unbranched alkanes of at least 4 members (excludes halogenated alkanes) is 1. The van der Waals surface area contributed by atoms with Crippen LogP contribution in [-0.2, 0) is 4.79 Å². The first-order valence-corrected chi connectivity index (χ1v) is 11.1. The van der Waals surface area contributed by atoms with E-state index in [0.29, 0.717) is 18.1 Å². The molecule has 5 nitrogen and oxygen atoms in total. The van der Waals surface area contributed by atoms with E-state index in [1.807, 2.05) is 31.2 Å². The smallest absolute Gasteiger partial charge is 0.286 e. The summed E-state index contributed by atoms with van der Waals surface area (Å²) in [5.74, 6) is 2.07. The Morgan fingerprint density at radius 3 is 2.71 bits per heavy atom. The first kappa shape index (κ1) is 20.8. The molecule has 1 saturated heterocycles. The molecule has 0 atom stereocenters. The molecule has 28 heavy (non-hydrogen) atoms. The molecule has 0 unspecified atom stereocenters. The Morgan fingerprint density at radius 1 is 1.21 bits per heavy atom. The average molecular weight is 403 g/mol. The number of hydrogen-bond donors (Lipinski definition) is 0. The summed E-state index contributed by atoms with van der Waals surface area (Å²) in [5.41, 5.74) is 0.922. The lowest BCUT2D eigenvalue weighted by Gasteiger charge is -2.30. The van der Waals surface area contributed by atoms with Crippen LogP contribution < -0.4 is 9.47 Å². The predicted octanol–water partition coefficient (Wildman–Crippen LogP) is 4.97. The van der Waals surface area contributed by atoms with Crippen molar-refractivity contribution in [1.29, 1.82) is 0 Å². The molecule has 1 aromatic rings. The van der Waals surface area contributed by atoms with Crippen molar-refractivity contribution in [3.8, 4) is 11.5 Å². The molecular formula is C22H30N2O3S. The number of amidine groups is 1. The molecule has 2 heterocycles. The van der Waals surface area contributed by atoms with Gasteiger partial charge in [0.25, 0.3) is 5.91 Å². The van der Waals surface area contributed by atoms with E-state index in [9.17, 15) is 4.79 Å². The molecule has 1 amide bonds. The van der Waals surface area contributed by atoms with Gasteiger partial charge in [0, 0.05) is 13.1 Å². The summed E-state index contributed by atoms with van der Waals surface area (Å²) < 4.78 is 11.6. The summed E-state index contributed by atoms with van der Waals surface area (Å²) in [7, 11) is 0. The van der Waals surface area contributed by atoms with Crippen molar-refractivity contribution >= 4 is 28.9 Å². The molecule has 1 aromatic carbocycles. The molecule has 0 bridgehead atoms. The minimum Gasteiger partial charge on any atom is -0.490 e. The minimum absolute atomic E-state index is 0.153. The van der Waals surface area contributed by atoms with E-state index in [2.05, 4.69) is 23.7 Å². The Balaban J connectivity index is 1.70. The van der Waals surface area contributed by atoms with E-state index in [0.717, 1.165) is 66.9 Å². The number of likely N-dealkylation sites (tertiary alicyclic amines) is 1. The van der Waals surface area contributed by atoms with Crippen molar-refractivity contribution in [2.75, 3.05) is 26.3 Å². The largest absolute Gasteiger partial charge is 0.490 e. The maximum absolute atomic E-state index is 12.4. The van der Waals surface area contributed by atoms with E-state index in [1.165, 1.54) is 11.8 Å². The van der Waals surface area contributed by atoms with Crippen LogP contribution in [0.25, 0.3) is 6.08 Å². The number of benzene rings is 1. The highest BCUT2D eigenvalue weighted by Crippen LogP contribution is 2.34. The van der Waals surface area contributed by atoms with Crippen LogP contribution in [0.15, 0.2) is 28.1 Å². The Labute approximate surface area is 172 Å². The maximum Gasteiger partial charge on any atom is 0.286 e. The summed E-state index contributed by atoms with van der Waals surface area (Å²) in [6.45, 7) is 9.58.